The smallest absolute Gasteiger partial charge is 0.159 e. The average molecular weight is 206 g/mol. The van der Waals surface area contributed by atoms with Crippen molar-refractivity contribution in [1.29, 1.82) is 0 Å². The minimum Gasteiger partial charge on any atom is -0.493 e. The number of aryl methyl sites for hydroxylation is 2. The Kier molecular flexibility index (Phi) is 3.89. The molecule has 0 aliphatic rings. The van der Waals surface area contributed by atoms with Crippen molar-refractivity contribution in [2.24, 2.45) is 0 Å². The first-order chi connectivity index (χ1) is 7.06. The van der Waals surface area contributed by atoms with Gasteiger partial charge in [-0.15, -0.1) is 0 Å². The first-order valence-corrected chi connectivity index (χ1v) is 5.31. The fourth-order valence-corrected chi connectivity index (χ4v) is 1.59. The molecule has 15 heavy (non-hydrogen) atoms. The van der Waals surface area contributed by atoms with Crippen LogP contribution in [0.4, 0.5) is 0 Å². The molecule has 0 heterocycles. The van der Waals surface area contributed by atoms with Crippen LogP contribution in [0.2, 0.25) is 0 Å². The lowest BCUT2D eigenvalue weighted by Gasteiger charge is -2.12. The van der Waals surface area contributed by atoms with Crippen molar-refractivity contribution in [3.8, 4) is 5.75 Å². The Balaban J connectivity index is 3.04. The molecule has 0 N–H and O–H groups in total. The minimum absolute atomic E-state index is 0.100. The van der Waals surface area contributed by atoms with Crippen LogP contribution in [0.1, 0.15) is 41.8 Å². The first-order valence-electron chi connectivity index (χ1n) is 5.31. The van der Waals surface area contributed by atoms with E-state index in [4.69, 9.17) is 4.74 Å². The number of carbonyl (C=O) groups is 1. The van der Waals surface area contributed by atoms with Crippen molar-refractivity contribution in [3.05, 3.63) is 28.8 Å². The molecule has 0 fully saturated rings. The summed E-state index contributed by atoms with van der Waals surface area (Å²) in [5.41, 5.74) is 2.83. The van der Waals surface area contributed by atoms with E-state index in [-0.39, 0.29) is 5.78 Å². The molecule has 82 valence electrons. The third kappa shape index (κ3) is 2.82. The van der Waals surface area contributed by atoms with Crippen LogP contribution in [0.25, 0.3) is 0 Å². The molecule has 1 aromatic carbocycles. The fourth-order valence-electron chi connectivity index (χ4n) is 1.59. The Hall–Kier alpha value is -1.31. The summed E-state index contributed by atoms with van der Waals surface area (Å²) in [5.74, 6) is 1.02. The summed E-state index contributed by atoms with van der Waals surface area (Å²) in [6.07, 6.45) is 0.993. The van der Waals surface area contributed by atoms with Gasteiger partial charge in [-0.25, -0.2) is 0 Å². The zero-order valence-electron chi connectivity index (χ0n) is 9.89. The molecule has 1 rings (SSSR count). The predicted octanol–water partition coefficient (Wildman–Crippen LogP) is 3.29. The summed E-state index contributed by atoms with van der Waals surface area (Å²) in [7, 11) is 0. The largest absolute Gasteiger partial charge is 0.493 e. The third-order valence-electron chi connectivity index (χ3n) is 2.32. The molecular weight excluding hydrogens is 188 g/mol. The van der Waals surface area contributed by atoms with Crippen molar-refractivity contribution in [2.75, 3.05) is 6.61 Å². The molecule has 0 aliphatic carbocycles. The molecule has 1 aromatic rings. The van der Waals surface area contributed by atoms with E-state index < -0.39 is 0 Å². The number of benzene rings is 1. The zero-order valence-corrected chi connectivity index (χ0v) is 9.89. The number of Topliss-reactive ketones (excluding diaryl/α,β-unsaturated/α-hetero) is 1. The van der Waals surface area contributed by atoms with Crippen LogP contribution in [-0.2, 0) is 0 Å². The summed E-state index contributed by atoms with van der Waals surface area (Å²) in [4.78, 5) is 11.2. The molecule has 0 unspecified atom stereocenters. The van der Waals surface area contributed by atoms with Gasteiger partial charge in [0.25, 0.3) is 0 Å². The Morgan fingerprint density at radius 3 is 2.20 bits per heavy atom. The molecule has 0 spiro atoms. The van der Waals surface area contributed by atoms with Gasteiger partial charge in [0.1, 0.15) is 5.75 Å². The van der Waals surface area contributed by atoms with Gasteiger partial charge in [-0.3, -0.25) is 4.79 Å². The third-order valence-corrected chi connectivity index (χ3v) is 2.32. The van der Waals surface area contributed by atoms with Crippen LogP contribution in [0.3, 0.4) is 0 Å². The number of ketones is 1. The van der Waals surface area contributed by atoms with Crippen LogP contribution in [0.5, 0.6) is 5.75 Å². The molecule has 0 saturated heterocycles. The lowest BCUT2D eigenvalue weighted by molar-refractivity contribution is 0.101. The van der Waals surface area contributed by atoms with Gasteiger partial charge >= 0.3 is 0 Å². The normalized spacial score (nSPS) is 10.1. The van der Waals surface area contributed by atoms with Gasteiger partial charge in [-0.1, -0.05) is 6.92 Å². The molecule has 0 radical (unpaired) electrons. The molecule has 2 heteroatoms. The highest BCUT2D eigenvalue weighted by molar-refractivity contribution is 5.94. The monoisotopic (exact) mass is 206 g/mol. The van der Waals surface area contributed by atoms with Crippen molar-refractivity contribution in [3.63, 3.8) is 0 Å². The van der Waals surface area contributed by atoms with Crippen molar-refractivity contribution < 1.29 is 9.53 Å². The van der Waals surface area contributed by atoms with Gasteiger partial charge in [-0.05, 0) is 50.5 Å². The number of rotatable bonds is 4. The molecule has 0 atom stereocenters. The zero-order chi connectivity index (χ0) is 11.4. The maximum absolute atomic E-state index is 11.2. The van der Waals surface area contributed by atoms with Gasteiger partial charge in [-0.2, -0.15) is 0 Å². The Labute approximate surface area is 91.3 Å². The van der Waals surface area contributed by atoms with E-state index in [0.717, 1.165) is 35.5 Å². The van der Waals surface area contributed by atoms with E-state index in [2.05, 4.69) is 6.92 Å². The van der Waals surface area contributed by atoms with Crippen LogP contribution in [-0.4, -0.2) is 12.4 Å². The number of hydrogen-bond acceptors (Lipinski definition) is 2. The highest BCUT2D eigenvalue weighted by Gasteiger charge is 2.08. The summed E-state index contributed by atoms with van der Waals surface area (Å²) < 4.78 is 5.64. The van der Waals surface area contributed by atoms with Gasteiger partial charge in [0.15, 0.2) is 5.78 Å². The minimum atomic E-state index is 0.100. The standard InChI is InChI=1S/C13H18O2/c1-5-6-15-13-9(2)7-12(11(4)14)8-10(13)3/h7-8H,5-6H2,1-4H3. The lowest BCUT2D eigenvalue weighted by Crippen LogP contribution is -2.02. The van der Waals surface area contributed by atoms with Gasteiger partial charge in [0.2, 0.25) is 0 Å². The molecule has 0 aliphatic heterocycles. The summed E-state index contributed by atoms with van der Waals surface area (Å²) >= 11 is 0. The van der Waals surface area contributed by atoms with Gasteiger partial charge in [0.05, 0.1) is 6.61 Å². The van der Waals surface area contributed by atoms with E-state index in [1.54, 1.807) is 6.92 Å². The summed E-state index contributed by atoms with van der Waals surface area (Å²) in [5, 5.41) is 0. The second-order valence-corrected chi connectivity index (χ2v) is 3.84. The van der Waals surface area contributed by atoms with Crippen molar-refractivity contribution in [2.45, 2.75) is 34.1 Å². The quantitative estimate of drug-likeness (QED) is 0.706. The average Bonchev–Trinajstić information content (AvgIpc) is 2.16. The molecule has 0 bridgehead atoms. The maximum Gasteiger partial charge on any atom is 0.159 e. The maximum atomic E-state index is 11.2. The fraction of sp³-hybridized carbons (Fsp3) is 0.462. The molecule has 0 amide bonds. The SMILES string of the molecule is CCCOc1c(C)cc(C(C)=O)cc1C. The summed E-state index contributed by atoms with van der Waals surface area (Å²) in [6.45, 7) is 8.34. The van der Waals surface area contributed by atoms with Crippen LogP contribution >= 0.6 is 0 Å². The number of ether oxygens (including phenoxy) is 1. The highest BCUT2D eigenvalue weighted by Crippen LogP contribution is 2.25. The molecule has 0 saturated carbocycles. The van der Waals surface area contributed by atoms with Crippen molar-refractivity contribution >= 4 is 5.78 Å². The van der Waals surface area contributed by atoms with Crippen LogP contribution in [0.15, 0.2) is 12.1 Å². The number of hydrogen-bond donors (Lipinski definition) is 0. The Morgan fingerprint density at radius 2 is 1.80 bits per heavy atom. The molecule has 2 nitrogen and oxygen atoms in total. The van der Waals surface area contributed by atoms with E-state index in [9.17, 15) is 4.79 Å². The van der Waals surface area contributed by atoms with Crippen molar-refractivity contribution in [1.82, 2.24) is 0 Å². The second kappa shape index (κ2) is 4.96. The second-order valence-electron chi connectivity index (χ2n) is 3.84. The first kappa shape index (κ1) is 11.8. The Bertz CT molecular complexity index is 344. The van der Waals surface area contributed by atoms with Gasteiger partial charge in [0, 0.05) is 5.56 Å². The summed E-state index contributed by atoms with van der Waals surface area (Å²) in [6, 6.07) is 3.78. The highest BCUT2D eigenvalue weighted by atomic mass is 16.5. The molecule has 0 aromatic heterocycles. The predicted molar refractivity (Wildman–Crippen MR) is 61.7 cm³/mol. The van der Waals surface area contributed by atoms with Crippen LogP contribution in [0, 0.1) is 13.8 Å². The van der Waals surface area contributed by atoms with E-state index >= 15 is 0 Å². The van der Waals surface area contributed by atoms with E-state index in [1.807, 2.05) is 26.0 Å². The van der Waals surface area contributed by atoms with Crippen LogP contribution < -0.4 is 4.74 Å². The molecular formula is C13H18O2. The Morgan fingerprint density at radius 1 is 1.27 bits per heavy atom. The number of carbonyl (C=O) groups excluding carboxylic acids is 1. The van der Waals surface area contributed by atoms with E-state index in [0.29, 0.717) is 0 Å². The topological polar surface area (TPSA) is 26.3 Å². The lowest BCUT2D eigenvalue weighted by atomic mass is 10.0. The van der Waals surface area contributed by atoms with E-state index in [1.165, 1.54) is 0 Å². The van der Waals surface area contributed by atoms with Gasteiger partial charge < -0.3 is 4.74 Å².